The Balaban J connectivity index is 1.84. The zero-order valence-electron chi connectivity index (χ0n) is 16.6. The van der Waals surface area contributed by atoms with Gasteiger partial charge in [-0.3, -0.25) is 0 Å². The Morgan fingerprint density at radius 3 is 2.76 bits per heavy atom. The number of aryl methyl sites for hydroxylation is 1. The normalized spacial score (nSPS) is 12.0. The van der Waals surface area contributed by atoms with Crippen LogP contribution < -0.4 is 15.4 Å². The third kappa shape index (κ3) is 5.11. The zero-order valence-corrected chi connectivity index (χ0v) is 18.1. The molecule has 0 aliphatic rings. The van der Waals surface area contributed by atoms with Crippen molar-refractivity contribution in [3.05, 3.63) is 34.1 Å². The molecule has 154 valence electrons. The summed E-state index contributed by atoms with van der Waals surface area (Å²) in [4.78, 5) is 26.5. The Morgan fingerprint density at radius 1 is 1.28 bits per heavy atom. The fourth-order valence-electron chi connectivity index (χ4n) is 2.96. The number of thiazole rings is 1. The average Bonchev–Trinajstić information content (AvgIpc) is 3.05. The summed E-state index contributed by atoms with van der Waals surface area (Å²) in [5, 5.41) is 6.81. The molecular weight excluding hydrogens is 414 g/mol. The number of nitrogens with one attached hydrogen (secondary N) is 2. The van der Waals surface area contributed by atoms with Gasteiger partial charge in [-0.15, -0.1) is 0 Å². The van der Waals surface area contributed by atoms with Gasteiger partial charge in [-0.1, -0.05) is 29.9 Å². The van der Waals surface area contributed by atoms with Crippen molar-refractivity contribution in [3.8, 4) is 5.88 Å². The maximum absolute atomic E-state index is 12.6. The van der Waals surface area contributed by atoms with E-state index in [0.717, 1.165) is 20.9 Å². The lowest BCUT2D eigenvalue weighted by Crippen LogP contribution is -2.21. The number of amides is 2. The molecule has 0 aromatic carbocycles. The molecule has 3 heterocycles. The van der Waals surface area contributed by atoms with Crippen LogP contribution in [0, 0.1) is 12.8 Å². The molecule has 0 saturated heterocycles. The zero-order chi connectivity index (χ0) is 21.0. The molecule has 3 rings (SSSR count). The summed E-state index contributed by atoms with van der Waals surface area (Å²) in [7, 11) is 3.15. The lowest BCUT2D eigenvalue weighted by Gasteiger charge is -2.15. The Labute approximate surface area is 177 Å². The standard InChI is InChI=1S/C19H22ClN5O3S/c1-10(9-27-3)5-13-15(8-22-18-16(13)23-11(2)29-18)25-19(26)24-12-6-14(20)17(28-4)21-7-12/h6-8,10H,5,9H2,1-4H3,(H2,24,25,26). The maximum atomic E-state index is 12.6. The van der Waals surface area contributed by atoms with Gasteiger partial charge in [0.15, 0.2) is 0 Å². The molecule has 3 aromatic rings. The van der Waals surface area contributed by atoms with Crippen molar-refractivity contribution in [1.29, 1.82) is 0 Å². The Kier molecular flexibility index (Phi) is 6.83. The first-order valence-electron chi connectivity index (χ1n) is 8.92. The highest BCUT2D eigenvalue weighted by Crippen LogP contribution is 2.30. The number of fused-ring (bicyclic) bond motifs is 1. The van der Waals surface area contributed by atoms with E-state index >= 15 is 0 Å². The number of rotatable bonds is 7. The van der Waals surface area contributed by atoms with Gasteiger partial charge < -0.3 is 20.1 Å². The molecule has 8 nitrogen and oxygen atoms in total. The lowest BCUT2D eigenvalue weighted by atomic mass is 10.0. The molecule has 0 aliphatic heterocycles. The molecule has 29 heavy (non-hydrogen) atoms. The molecule has 2 amide bonds. The highest BCUT2D eigenvalue weighted by molar-refractivity contribution is 7.18. The van der Waals surface area contributed by atoms with Crippen LogP contribution in [-0.2, 0) is 11.2 Å². The van der Waals surface area contributed by atoms with Crippen LogP contribution in [0.3, 0.4) is 0 Å². The van der Waals surface area contributed by atoms with Crippen LogP contribution in [0.25, 0.3) is 10.3 Å². The fraction of sp³-hybridized carbons (Fsp3) is 0.368. The first-order valence-corrected chi connectivity index (χ1v) is 10.1. The third-order valence-electron chi connectivity index (χ3n) is 4.15. The van der Waals surface area contributed by atoms with E-state index in [9.17, 15) is 4.79 Å². The molecule has 0 aliphatic carbocycles. The molecule has 0 bridgehead atoms. The van der Waals surface area contributed by atoms with Crippen molar-refractivity contribution in [2.45, 2.75) is 20.3 Å². The lowest BCUT2D eigenvalue weighted by molar-refractivity contribution is 0.160. The van der Waals surface area contributed by atoms with Gasteiger partial charge in [0, 0.05) is 19.3 Å². The van der Waals surface area contributed by atoms with E-state index in [1.54, 1.807) is 19.4 Å². The summed E-state index contributed by atoms with van der Waals surface area (Å²) >= 11 is 7.59. The third-order valence-corrected chi connectivity index (χ3v) is 5.30. The number of hydrogen-bond acceptors (Lipinski definition) is 7. The molecule has 0 radical (unpaired) electrons. The van der Waals surface area contributed by atoms with E-state index in [1.165, 1.54) is 24.6 Å². The van der Waals surface area contributed by atoms with Crippen LogP contribution in [-0.4, -0.2) is 41.8 Å². The number of pyridine rings is 2. The monoisotopic (exact) mass is 435 g/mol. The molecule has 10 heteroatoms. The van der Waals surface area contributed by atoms with Gasteiger partial charge in [0.2, 0.25) is 5.88 Å². The minimum atomic E-state index is -0.429. The second-order valence-electron chi connectivity index (χ2n) is 6.60. The number of aromatic nitrogens is 3. The Hall–Kier alpha value is -2.49. The predicted octanol–water partition coefficient (Wildman–Crippen LogP) is 4.53. The Bertz CT molecular complexity index is 1030. The van der Waals surface area contributed by atoms with E-state index in [4.69, 9.17) is 21.1 Å². The first kappa shape index (κ1) is 21.2. The van der Waals surface area contributed by atoms with Crippen LogP contribution >= 0.6 is 22.9 Å². The smallest absolute Gasteiger partial charge is 0.323 e. The minimum absolute atomic E-state index is 0.251. The van der Waals surface area contributed by atoms with Gasteiger partial charge in [0.05, 0.1) is 35.9 Å². The molecule has 0 spiro atoms. The van der Waals surface area contributed by atoms with E-state index in [0.29, 0.717) is 35.3 Å². The van der Waals surface area contributed by atoms with Gasteiger partial charge in [-0.25, -0.2) is 19.7 Å². The van der Waals surface area contributed by atoms with Crippen molar-refractivity contribution in [3.63, 3.8) is 0 Å². The minimum Gasteiger partial charge on any atom is -0.480 e. The van der Waals surface area contributed by atoms with Crippen LogP contribution in [0.5, 0.6) is 5.88 Å². The van der Waals surface area contributed by atoms with Gasteiger partial charge in [0.1, 0.15) is 15.4 Å². The molecule has 0 saturated carbocycles. The highest BCUT2D eigenvalue weighted by atomic mass is 35.5. The largest absolute Gasteiger partial charge is 0.480 e. The number of ether oxygens (including phenoxy) is 2. The predicted molar refractivity (Wildman–Crippen MR) is 115 cm³/mol. The average molecular weight is 436 g/mol. The first-order chi connectivity index (χ1) is 13.9. The van der Waals surface area contributed by atoms with Crippen LogP contribution in [0.1, 0.15) is 17.5 Å². The van der Waals surface area contributed by atoms with E-state index in [-0.39, 0.29) is 5.92 Å². The van der Waals surface area contributed by atoms with Crippen molar-refractivity contribution in [1.82, 2.24) is 15.0 Å². The van der Waals surface area contributed by atoms with Crippen molar-refractivity contribution in [2.24, 2.45) is 5.92 Å². The molecule has 0 fully saturated rings. The topological polar surface area (TPSA) is 98.3 Å². The number of urea groups is 1. The number of halogens is 1. The summed E-state index contributed by atoms with van der Waals surface area (Å²) in [6.45, 7) is 4.63. The highest BCUT2D eigenvalue weighted by Gasteiger charge is 2.17. The summed E-state index contributed by atoms with van der Waals surface area (Å²) < 4.78 is 10.3. The van der Waals surface area contributed by atoms with E-state index < -0.39 is 6.03 Å². The van der Waals surface area contributed by atoms with Crippen LogP contribution in [0.15, 0.2) is 18.5 Å². The van der Waals surface area contributed by atoms with Gasteiger partial charge in [0.25, 0.3) is 0 Å². The summed E-state index contributed by atoms with van der Waals surface area (Å²) in [5.41, 5.74) is 2.80. The fourth-order valence-corrected chi connectivity index (χ4v) is 4.00. The second-order valence-corrected chi connectivity index (χ2v) is 8.18. The van der Waals surface area contributed by atoms with E-state index in [1.807, 2.05) is 6.92 Å². The number of carbonyl (C=O) groups is 1. The Morgan fingerprint density at radius 2 is 2.07 bits per heavy atom. The summed E-state index contributed by atoms with van der Waals surface area (Å²) in [5.74, 6) is 0.543. The van der Waals surface area contributed by atoms with Gasteiger partial charge in [-0.2, -0.15) is 0 Å². The number of methoxy groups -OCH3 is 2. The van der Waals surface area contributed by atoms with Crippen molar-refractivity contribution < 1.29 is 14.3 Å². The molecule has 1 atom stereocenters. The number of hydrogen-bond donors (Lipinski definition) is 2. The quantitative estimate of drug-likeness (QED) is 0.565. The van der Waals surface area contributed by atoms with Gasteiger partial charge in [-0.05, 0) is 25.3 Å². The molecule has 3 aromatic heterocycles. The summed E-state index contributed by atoms with van der Waals surface area (Å²) in [6.07, 6.45) is 3.83. The van der Waals surface area contributed by atoms with Crippen molar-refractivity contribution >= 4 is 50.7 Å². The molecular formula is C19H22ClN5O3S. The maximum Gasteiger partial charge on any atom is 0.323 e. The van der Waals surface area contributed by atoms with Crippen molar-refractivity contribution in [2.75, 3.05) is 31.5 Å². The van der Waals surface area contributed by atoms with Crippen LogP contribution in [0.2, 0.25) is 5.02 Å². The van der Waals surface area contributed by atoms with Gasteiger partial charge >= 0.3 is 6.03 Å². The number of nitrogens with zero attached hydrogens (tertiary/aromatic N) is 3. The van der Waals surface area contributed by atoms with Crippen LogP contribution in [0.4, 0.5) is 16.2 Å². The summed E-state index contributed by atoms with van der Waals surface area (Å²) in [6, 6.07) is 1.14. The van der Waals surface area contributed by atoms with E-state index in [2.05, 4.69) is 32.5 Å². The number of carbonyl (C=O) groups excluding carboxylic acids is 1. The SMILES string of the molecule is COCC(C)Cc1c(NC(=O)Nc2cnc(OC)c(Cl)c2)cnc2sc(C)nc12. The molecule has 2 N–H and O–H groups in total. The molecule has 1 unspecified atom stereocenters. The second kappa shape index (κ2) is 9.34. The number of anilines is 2.